The van der Waals surface area contributed by atoms with Crippen LogP contribution in [0.4, 0.5) is 26.3 Å². The average Bonchev–Trinajstić information content (AvgIpc) is 2.38. The summed E-state index contributed by atoms with van der Waals surface area (Å²) in [7, 11) is 0. The third-order valence-corrected chi connectivity index (χ3v) is 3.05. The van der Waals surface area contributed by atoms with Gasteiger partial charge in [0, 0.05) is 6.54 Å². The molecule has 21 heavy (non-hydrogen) atoms. The van der Waals surface area contributed by atoms with E-state index in [2.05, 4.69) is 0 Å². The van der Waals surface area contributed by atoms with Gasteiger partial charge < -0.3 is 4.90 Å². The minimum absolute atomic E-state index is 0.254. The summed E-state index contributed by atoms with van der Waals surface area (Å²) >= 11 is 0. The molecule has 0 aliphatic heterocycles. The molecule has 0 aliphatic rings. The van der Waals surface area contributed by atoms with E-state index in [4.69, 9.17) is 0 Å². The van der Waals surface area contributed by atoms with Gasteiger partial charge in [-0.15, -0.1) is 0 Å². The van der Waals surface area contributed by atoms with Crippen molar-refractivity contribution in [1.82, 2.24) is 4.90 Å². The highest BCUT2D eigenvalue weighted by atomic mass is 19.4. The van der Waals surface area contributed by atoms with Crippen LogP contribution in [0.3, 0.4) is 0 Å². The molecule has 1 aromatic carbocycles. The molecule has 2 nitrogen and oxygen atoms in total. The van der Waals surface area contributed by atoms with E-state index in [-0.39, 0.29) is 12.1 Å². The maximum atomic E-state index is 13.1. The second-order valence-corrected chi connectivity index (χ2v) is 4.39. The van der Waals surface area contributed by atoms with Crippen LogP contribution >= 0.6 is 0 Å². The minimum atomic E-state index is -5.96. The summed E-state index contributed by atoms with van der Waals surface area (Å²) < 4.78 is 75.8. The molecule has 8 heteroatoms. The predicted molar refractivity (Wildman–Crippen MR) is 63.2 cm³/mol. The molecule has 1 aromatic rings. The van der Waals surface area contributed by atoms with Gasteiger partial charge in [0.2, 0.25) is 0 Å². The highest BCUT2D eigenvalue weighted by molar-refractivity contribution is 5.84. The van der Waals surface area contributed by atoms with Crippen LogP contribution in [-0.4, -0.2) is 29.5 Å². The summed E-state index contributed by atoms with van der Waals surface area (Å²) in [6, 6.07) is 3.47. The van der Waals surface area contributed by atoms with Crippen LogP contribution in [0.5, 0.6) is 0 Å². The van der Waals surface area contributed by atoms with Crippen LogP contribution in [0, 0.1) is 5.82 Å². The molecule has 0 saturated heterocycles. The summed E-state index contributed by atoms with van der Waals surface area (Å²) in [6.45, 7) is 2.23. The van der Waals surface area contributed by atoms with Gasteiger partial charge in [0.25, 0.3) is 0 Å². The zero-order valence-electron chi connectivity index (χ0n) is 11.2. The molecular weight excluding hydrogens is 300 g/mol. The van der Waals surface area contributed by atoms with Crippen molar-refractivity contribution in [3.05, 3.63) is 35.6 Å². The van der Waals surface area contributed by atoms with Gasteiger partial charge in [-0.2, -0.15) is 22.0 Å². The number of rotatable bonds is 4. The smallest absolute Gasteiger partial charge is 0.331 e. The SMILES string of the molecule is CCN(C(=O)C(F)(F)C(F)(F)F)C(C)c1ccc(F)cc1. The fourth-order valence-corrected chi connectivity index (χ4v) is 1.82. The van der Waals surface area contributed by atoms with Crippen molar-refractivity contribution in [2.45, 2.75) is 32.0 Å². The molecule has 0 aromatic heterocycles. The molecule has 0 radical (unpaired) electrons. The molecule has 0 N–H and O–H groups in total. The monoisotopic (exact) mass is 313 g/mol. The Morgan fingerprint density at radius 2 is 1.62 bits per heavy atom. The standard InChI is InChI=1S/C13H13F6NO/c1-3-20(11(21)12(15,16)13(17,18)19)8(2)9-4-6-10(14)7-5-9/h4-8H,3H2,1-2H3. The van der Waals surface area contributed by atoms with Crippen LogP contribution in [0.15, 0.2) is 24.3 Å². The van der Waals surface area contributed by atoms with Gasteiger partial charge in [-0.3, -0.25) is 4.79 Å². The predicted octanol–water partition coefficient (Wildman–Crippen LogP) is 3.93. The number of benzene rings is 1. The zero-order chi connectivity index (χ0) is 16.4. The van der Waals surface area contributed by atoms with Gasteiger partial charge in [-0.1, -0.05) is 12.1 Å². The van der Waals surface area contributed by atoms with Crippen molar-refractivity contribution in [2.24, 2.45) is 0 Å². The van der Waals surface area contributed by atoms with Crippen molar-refractivity contribution < 1.29 is 31.1 Å². The van der Waals surface area contributed by atoms with Crippen molar-refractivity contribution in [1.29, 1.82) is 0 Å². The van der Waals surface area contributed by atoms with Crippen molar-refractivity contribution in [3.63, 3.8) is 0 Å². The lowest BCUT2D eigenvalue weighted by Gasteiger charge is -2.32. The molecule has 1 amide bonds. The maximum absolute atomic E-state index is 13.1. The number of hydrogen-bond acceptors (Lipinski definition) is 1. The highest BCUT2D eigenvalue weighted by Gasteiger charge is 2.64. The van der Waals surface area contributed by atoms with Gasteiger partial charge in [0.1, 0.15) is 5.82 Å². The van der Waals surface area contributed by atoms with Gasteiger partial charge >= 0.3 is 18.0 Å². The first-order chi connectivity index (χ1) is 9.52. The van der Waals surface area contributed by atoms with Gasteiger partial charge in [0.15, 0.2) is 0 Å². The Labute approximate surface area is 117 Å². The fraction of sp³-hybridized carbons (Fsp3) is 0.462. The van der Waals surface area contributed by atoms with E-state index >= 15 is 0 Å². The molecule has 0 saturated carbocycles. The van der Waals surface area contributed by atoms with Crippen LogP contribution in [-0.2, 0) is 4.79 Å². The lowest BCUT2D eigenvalue weighted by atomic mass is 10.1. The van der Waals surface area contributed by atoms with Gasteiger partial charge in [0.05, 0.1) is 6.04 Å². The number of hydrogen-bond donors (Lipinski definition) is 0. The van der Waals surface area contributed by atoms with Crippen molar-refractivity contribution in [3.8, 4) is 0 Å². The minimum Gasteiger partial charge on any atom is -0.331 e. The number of nitrogens with zero attached hydrogens (tertiary/aromatic N) is 1. The largest absolute Gasteiger partial charge is 0.463 e. The number of alkyl halides is 5. The second-order valence-electron chi connectivity index (χ2n) is 4.39. The number of amides is 1. The Morgan fingerprint density at radius 1 is 1.14 bits per heavy atom. The van der Waals surface area contributed by atoms with E-state index < -0.39 is 29.9 Å². The number of halogens is 6. The maximum Gasteiger partial charge on any atom is 0.463 e. The summed E-state index contributed by atoms with van der Waals surface area (Å²) in [6.07, 6.45) is -5.96. The first kappa shape index (κ1) is 17.3. The van der Waals surface area contributed by atoms with E-state index in [0.717, 1.165) is 12.1 Å². The molecule has 118 valence electrons. The Balaban J connectivity index is 3.07. The average molecular weight is 313 g/mol. The van der Waals surface area contributed by atoms with Crippen LogP contribution in [0.1, 0.15) is 25.5 Å². The highest BCUT2D eigenvalue weighted by Crippen LogP contribution is 2.38. The quantitative estimate of drug-likeness (QED) is 0.771. The molecule has 0 fully saturated rings. The molecule has 0 spiro atoms. The summed E-state index contributed by atoms with van der Waals surface area (Å²) in [5, 5.41) is 0. The van der Waals surface area contributed by atoms with E-state index in [1.807, 2.05) is 0 Å². The molecule has 1 unspecified atom stereocenters. The Kier molecular flexibility index (Phi) is 4.91. The Morgan fingerprint density at radius 3 is 2.00 bits per heavy atom. The number of carbonyl (C=O) groups excluding carboxylic acids is 1. The van der Waals surface area contributed by atoms with E-state index in [9.17, 15) is 31.1 Å². The zero-order valence-corrected chi connectivity index (χ0v) is 11.2. The first-order valence-electron chi connectivity index (χ1n) is 6.03. The molecule has 0 aliphatic carbocycles. The molecular formula is C13H13F6NO. The summed E-state index contributed by atoms with van der Waals surface area (Å²) in [5.41, 5.74) is 0.254. The van der Waals surface area contributed by atoms with Crippen LogP contribution < -0.4 is 0 Å². The summed E-state index contributed by atoms with van der Waals surface area (Å²) in [5.74, 6) is -8.37. The molecule has 0 bridgehead atoms. The fourth-order valence-electron chi connectivity index (χ4n) is 1.82. The third-order valence-electron chi connectivity index (χ3n) is 3.05. The number of carbonyl (C=O) groups is 1. The lowest BCUT2D eigenvalue weighted by Crippen LogP contribution is -2.52. The molecule has 1 atom stereocenters. The van der Waals surface area contributed by atoms with Gasteiger partial charge in [-0.25, -0.2) is 4.39 Å². The van der Waals surface area contributed by atoms with Crippen LogP contribution in [0.25, 0.3) is 0 Å². The topological polar surface area (TPSA) is 20.3 Å². The van der Waals surface area contributed by atoms with Crippen molar-refractivity contribution in [2.75, 3.05) is 6.54 Å². The van der Waals surface area contributed by atoms with E-state index in [1.165, 1.54) is 26.0 Å². The third kappa shape index (κ3) is 3.48. The molecule has 1 rings (SSSR count). The van der Waals surface area contributed by atoms with E-state index in [0.29, 0.717) is 4.90 Å². The Hall–Kier alpha value is -1.73. The summed E-state index contributed by atoms with van der Waals surface area (Å²) in [4.78, 5) is 11.9. The van der Waals surface area contributed by atoms with Crippen LogP contribution in [0.2, 0.25) is 0 Å². The second kappa shape index (κ2) is 5.95. The van der Waals surface area contributed by atoms with E-state index in [1.54, 1.807) is 0 Å². The Bertz CT molecular complexity index is 496. The van der Waals surface area contributed by atoms with Gasteiger partial charge in [-0.05, 0) is 31.5 Å². The van der Waals surface area contributed by atoms with Crippen molar-refractivity contribution >= 4 is 5.91 Å². The first-order valence-corrected chi connectivity index (χ1v) is 6.03. The molecule has 0 heterocycles. The lowest BCUT2D eigenvalue weighted by molar-refractivity contribution is -0.275. The normalized spacial score (nSPS) is 13.9.